The summed E-state index contributed by atoms with van der Waals surface area (Å²) >= 11 is 0. The van der Waals surface area contributed by atoms with Crippen molar-refractivity contribution in [3.05, 3.63) is 192 Å². The summed E-state index contributed by atoms with van der Waals surface area (Å²) in [6.45, 7) is 11.5. The van der Waals surface area contributed by atoms with Gasteiger partial charge in [-0.05, 0) is 102 Å². The maximum absolute atomic E-state index is 6.95. The summed E-state index contributed by atoms with van der Waals surface area (Å²) in [6, 6.07) is 60.0. The molecule has 2 aliphatic rings. The minimum absolute atomic E-state index is 0.0821. The van der Waals surface area contributed by atoms with E-state index in [9.17, 15) is 0 Å². The fraction of sp³-hybridized carbons (Fsp3) is 0.115. The summed E-state index contributed by atoms with van der Waals surface area (Å²) in [4.78, 5) is 2.36. The Bertz CT molecular complexity index is 2820. The number of fused-ring (bicyclic) bond motifs is 5. The van der Waals surface area contributed by atoms with Crippen LogP contribution in [0, 0.1) is 20.8 Å². The van der Waals surface area contributed by atoms with Crippen molar-refractivity contribution in [2.24, 2.45) is 0 Å². The third-order valence-corrected chi connectivity index (χ3v) is 12.4. The van der Waals surface area contributed by atoms with Gasteiger partial charge in [0.25, 0.3) is 0 Å². The van der Waals surface area contributed by atoms with E-state index in [1.54, 1.807) is 0 Å². The van der Waals surface area contributed by atoms with Crippen molar-refractivity contribution in [1.82, 2.24) is 0 Å². The standard InChI is InChI=1S/C52H42BNO/c1-33-16-13-23-47(35(33)3)53(46-22-12-9-15-34(46)2)48-30-29-42-41-28-26-38(32-50(41)55-49-24-14-20-43(48)51(42)49)54(36-17-7-6-8-18-36)37-25-27-40-39-19-10-11-21-44(39)52(4,5)45(40)31-37/h6-32H,1-5H3. The average Bonchev–Trinajstić information content (AvgIpc) is 3.43. The monoisotopic (exact) mass is 707 g/mol. The van der Waals surface area contributed by atoms with Crippen LogP contribution >= 0.6 is 0 Å². The van der Waals surface area contributed by atoms with Crippen LogP contribution in [-0.4, -0.2) is 6.71 Å². The van der Waals surface area contributed by atoms with Gasteiger partial charge in [-0.2, -0.15) is 0 Å². The first-order valence-corrected chi connectivity index (χ1v) is 19.4. The number of benzene rings is 8. The first kappa shape index (κ1) is 33.3. The highest BCUT2D eigenvalue weighted by molar-refractivity contribution is 6.97. The number of hydrogen-bond acceptors (Lipinski definition) is 2. The third-order valence-electron chi connectivity index (χ3n) is 12.4. The Labute approximate surface area is 324 Å². The summed E-state index contributed by atoms with van der Waals surface area (Å²) in [7, 11) is 0. The van der Waals surface area contributed by atoms with E-state index in [1.165, 1.54) is 71.7 Å². The normalized spacial score (nSPS) is 13.1. The molecule has 0 fully saturated rings. The molecule has 0 amide bonds. The molecule has 0 atom stereocenters. The van der Waals surface area contributed by atoms with Crippen LogP contribution in [0.15, 0.2) is 164 Å². The Morgan fingerprint density at radius 2 is 1.11 bits per heavy atom. The smallest absolute Gasteiger partial charge is 0.242 e. The molecule has 0 N–H and O–H groups in total. The zero-order valence-corrected chi connectivity index (χ0v) is 32.0. The van der Waals surface area contributed by atoms with E-state index >= 15 is 0 Å². The second-order valence-corrected chi connectivity index (χ2v) is 15.8. The number of aryl methyl sites for hydroxylation is 2. The van der Waals surface area contributed by atoms with E-state index in [1.807, 2.05) is 0 Å². The van der Waals surface area contributed by atoms with Gasteiger partial charge < -0.3 is 9.64 Å². The van der Waals surface area contributed by atoms with Gasteiger partial charge in [0.15, 0.2) is 0 Å². The molecule has 0 unspecified atom stereocenters. The molecule has 0 saturated carbocycles. The average molecular weight is 708 g/mol. The van der Waals surface area contributed by atoms with Crippen molar-refractivity contribution in [3.63, 3.8) is 0 Å². The Morgan fingerprint density at radius 1 is 0.455 bits per heavy atom. The molecule has 264 valence electrons. The molecule has 3 heteroatoms. The van der Waals surface area contributed by atoms with Crippen molar-refractivity contribution < 1.29 is 4.74 Å². The van der Waals surface area contributed by atoms with E-state index in [0.29, 0.717) is 0 Å². The van der Waals surface area contributed by atoms with Gasteiger partial charge in [-0.15, -0.1) is 0 Å². The Balaban J connectivity index is 1.11. The predicted molar refractivity (Wildman–Crippen MR) is 233 cm³/mol. The molecule has 1 aliphatic heterocycles. The summed E-state index contributed by atoms with van der Waals surface area (Å²) < 4.78 is 6.95. The fourth-order valence-corrected chi connectivity index (χ4v) is 9.39. The van der Waals surface area contributed by atoms with Gasteiger partial charge in [0, 0.05) is 39.5 Å². The highest BCUT2D eigenvalue weighted by Gasteiger charge is 2.36. The molecule has 0 radical (unpaired) electrons. The first-order valence-electron chi connectivity index (χ1n) is 19.4. The Kier molecular flexibility index (Phi) is 7.64. The number of ether oxygens (including phenoxy) is 1. The molecule has 8 aromatic rings. The minimum atomic E-state index is -0.0965. The minimum Gasteiger partial charge on any atom is -0.456 e. The molecule has 55 heavy (non-hydrogen) atoms. The van der Waals surface area contributed by atoms with E-state index in [2.05, 4.69) is 203 Å². The van der Waals surface area contributed by atoms with E-state index in [0.717, 1.165) is 34.1 Å². The van der Waals surface area contributed by atoms with Gasteiger partial charge in [0.1, 0.15) is 11.5 Å². The molecule has 0 bridgehead atoms. The van der Waals surface area contributed by atoms with Crippen LogP contribution in [0.5, 0.6) is 11.5 Å². The van der Waals surface area contributed by atoms with Gasteiger partial charge in [-0.1, -0.05) is 157 Å². The quantitative estimate of drug-likeness (QED) is 0.160. The fourth-order valence-electron chi connectivity index (χ4n) is 9.39. The Morgan fingerprint density at radius 3 is 1.95 bits per heavy atom. The maximum Gasteiger partial charge on any atom is 0.242 e. The topological polar surface area (TPSA) is 12.5 Å². The molecule has 1 heterocycles. The lowest BCUT2D eigenvalue weighted by atomic mass is 9.35. The highest BCUT2D eigenvalue weighted by atomic mass is 16.5. The van der Waals surface area contributed by atoms with Crippen LogP contribution in [0.2, 0.25) is 0 Å². The zero-order valence-electron chi connectivity index (χ0n) is 32.0. The molecule has 2 nitrogen and oxygen atoms in total. The van der Waals surface area contributed by atoms with Crippen LogP contribution in [0.3, 0.4) is 0 Å². The lowest BCUT2D eigenvalue weighted by molar-refractivity contribution is 0.487. The number of rotatable bonds is 6. The zero-order chi connectivity index (χ0) is 37.4. The van der Waals surface area contributed by atoms with Crippen molar-refractivity contribution in [2.45, 2.75) is 40.0 Å². The highest BCUT2D eigenvalue weighted by Crippen LogP contribution is 2.52. The van der Waals surface area contributed by atoms with Gasteiger partial charge in [-0.25, -0.2) is 0 Å². The molecule has 8 aromatic carbocycles. The van der Waals surface area contributed by atoms with Crippen molar-refractivity contribution in [2.75, 3.05) is 4.90 Å². The second-order valence-electron chi connectivity index (χ2n) is 15.8. The summed E-state index contributed by atoms with van der Waals surface area (Å²) in [6.07, 6.45) is 0. The van der Waals surface area contributed by atoms with E-state index in [-0.39, 0.29) is 12.1 Å². The largest absolute Gasteiger partial charge is 0.456 e. The summed E-state index contributed by atoms with van der Waals surface area (Å²) in [5.41, 5.74) is 18.8. The molecule has 1 aliphatic carbocycles. The summed E-state index contributed by atoms with van der Waals surface area (Å²) in [5.74, 6) is 1.76. The molecule has 0 aromatic heterocycles. The number of hydrogen-bond donors (Lipinski definition) is 0. The van der Waals surface area contributed by atoms with Crippen molar-refractivity contribution in [3.8, 4) is 33.8 Å². The van der Waals surface area contributed by atoms with Crippen LogP contribution in [0.1, 0.15) is 41.7 Å². The predicted octanol–water partition coefficient (Wildman–Crippen LogP) is 11.8. The number of nitrogens with zero attached hydrogens (tertiary/aromatic N) is 1. The third kappa shape index (κ3) is 5.17. The number of anilines is 3. The molecular formula is C52H42BNO. The maximum atomic E-state index is 6.95. The van der Waals surface area contributed by atoms with Gasteiger partial charge in [-0.3, -0.25) is 0 Å². The van der Waals surface area contributed by atoms with Crippen molar-refractivity contribution >= 4 is 50.9 Å². The molecule has 10 rings (SSSR count). The lowest BCUT2D eigenvalue weighted by Crippen LogP contribution is -2.54. The molecular weight excluding hydrogens is 665 g/mol. The van der Waals surface area contributed by atoms with E-state index in [4.69, 9.17) is 4.74 Å². The Hall–Kier alpha value is -6.32. The number of para-hydroxylation sites is 1. The SMILES string of the molecule is Cc1ccccc1B(c1cccc(C)c1C)c1ccc2c3c(cccc13)Oc1cc(N(c3ccccc3)c3ccc4c(c3)C(C)(C)c3ccccc3-4)ccc1-2. The molecule has 0 spiro atoms. The van der Waals surface area contributed by atoms with Gasteiger partial charge in [0.05, 0.1) is 0 Å². The van der Waals surface area contributed by atoms with Crippen LogP contribution in [0.4, 0.5) is 17.1 Å². The van der Waals surface area contributed by atoms with Crippen LogP contribution in [-0.2, 0) is 5.41 Å². The first-order chi connectivity index (χ1) is 26.8. The van der Waals surface area contributed by atoms with Crippen LogP contribution < -0.4 is 26.0 Å². The van der Waals surface area contributed by atoms with Gasteiger partial charge in [0.2, 0.25) is 6.71 Å². The molecule has 0 saturated heterocycles. The summed E-state index contributed by atoms with van der Waals surface area (Å²) in [5, 5.41) is 2.40. The van der Waals surface area contributed by atoms with E-state index < -0.39 is 0 Å². The van der Waals surface area contributed by atoms with Gasteiger partial charge >= 0.3 is 0 Å². The lowest BCUT2D eigenvalue weighted by Gasteiger charge is -2.30. The van der Waals surface area contributed by atoms with Crippen molar-refractivity contribution in [1.29, 1.82) is 0 Å². The van der Waals surface area contributed by atoms with Crippen LogP contribution in [0.25, 0.3) is 33.0 Å². The second kappa shape index (κ2) is 12.6.